The molecule has 1 radical (unpaired) electrons. The van der Waals surface area contributed by atoms with Crippen LogP contribution in [0.15, 0.2) is 0 Å². The molecular formula is C7H13O3. The Morgan fingerprint density at radius 1 is 1.60 bits per heavy atom. The summed E-state index contributed by atoms with van der Waals surface area (Å²) in [5, 5.41) is 0. The molecule has 59 valence electrons. The molecule has 0 bridgehead atoms. The van der Waals surface area contributed by atoms with Crippen molar-refractivity contribution in [3.63, 3.8) is 0 Å². The molecule has 0 heterocycles. The molecule has 0 aromatic heterocycles. The van der Waals surface area contributed by atoms with Gasteiger partial charge in [-0.05, 0) is 13.3 Å². The predicted molar refractivity (Wildman–Crippen MR) is 37.2 cm³/mol. The van der Waals surface area contributed by atoms with Crippen molar-refractivity contribution in [3.05, 3.63) is 6.61 Å². The Morgan fingerprint density at radius 2 is 2.30 bits per heavy atom. The fourth-order valence-electron chi connectivity index (χ4n) is 0.551. The molecule has 0 spiro atoms. The van der Waals surface area contributed by atoms with E-state index in [0.29, 0.717) is 13.0 Å². The average molecular weight is 145 g/mol. The monoisotopic (exact) mass is 145 g/mol. The number of esters is 1. The first-order valence-corrected chi connectivity index (χ1v) is 3.27. The van der Waals surface area contributed by atoms with Gasteiger partial charge in [-0.2, -0.15) is 0 Å². The largest absolute Gasteiger partial charge is 0.459 e. The van der Waals surface area contributed by atoms with Crippen LogP contribution in [0.1, 0.15) is 19.8 Å². The fourth-order valence-corrected chi connectivity index (χ4v) is 0.551. The molecular weight excluding hydrogens is 132 g/mol. The van der Waals surface area contributed by atoms with Crippen molar-refractivity contribution >= 4 is 5.97 Å². The van der Waals surface area contributed by atoms with E-state index in [4.69, 9.17) is 4.74 Å². The summed E-state index contributed by atoms with van der Waals surface area (Å²) in [6.07, 6.45) is 1.15. The lowest BCUT2D eigenvalue weighted by atomic mass is 10.3. The van der Waals surface area contributed by atoms with Gasteiger partial charge in [0.25, 0.3) is 0 Å². The van der Waals surface area contributed by atoms with E-state index in [2.05, 4.69) is 4.74 Å². The zero-order chi connectivity index (χ0) is 7.82. The van der Waals surface area contributed by atoms with Gasteiger partial charge in [-0.1, -0.05) is 0 Å². The van der Waals surface area contributed by atoms with Crippen LogP contribution in [0.4, 0.5) is 0 Å². The standard InChI is InChI=1S/C7H13O3/c1-3-10-7(8)5-4-6-9-2/h3H,4-6H2,1-2H3. The molecule has 3 nitrogen and oxygen atoms in total. The number of methoxy groups -OCH3 is 1. The van der Waals surface area contributed by atoms with Gasteiger partial charge in [0.2, 0.25) is 0 Å². The first-order valence-electron chi connectivity index (χ1n) is 3.27. The first-order chi connectivity index (χ1) is 4.81. The zero-order valence-corrected chi connectivity index (χ0v) is 6.42. The van der Waals surface area contributed by atoms with E-state index < -0.39 is 0 Å². The Balaban J connectivity index is 3.05. The molecule has 0 aromatic rings. The molecule has 0 fully saturated rings. The van der Waals surface area contributed by atoms with Crippen molar-refractivity contribution in [1.82, 2.24) is 0 Å². The van der Waals surface area contributed by atoms with E-state index in [1.165, 1.54) is 6.61 Å². The van der Waals surface area contributed by atoms with Crippen LogP contribution in [0.25, 0.3) is 0 Å². The maximum absolute atomic E-state index is 10.6. The summed E-state index contributed by atoms with van der Waals surface area (Å²) < 4.78 is 9.32. The number of hydrogen-bond donors (Lipinski definition) is 0. The highest BCUT2D eigenvalue weighted by atomic mass is 16.5. The van der Waals surface area contributed by atoms with E-state index in [9.17, 15) is 4.79 Å². The van der Waals surface area contributed by atoms with Crippen molar-refractivity contribution in [2.45, 2.75) is 19.8 Å². The molecule has 10 heavy (non-hydrogen) atoms. The van der Waals surface area contributed by atoms with Crippen LogP contribution in [0.5, 0.6) is 0 Å². The smallest absolute Gasteiger partial charge is 0.306 e. The van der Waals surface area contributed by atoms with Crippen LogP contribution in [-0.2, 0) is 14.3 Å². The van der Waals surface area contributed by atoms with Gasteiger partial charge >= 0.3 is 5.97 Å². The van der Waals surface area contributed by atoms with Crippen molar-refractivity contribution < 1.29 is 14.3 Å². The van der Waals surface area contributed by atoms with E-state index >= 15 is 0 Å². The molecule has 0 atom stereocenters. The van der Waals surface area contributed by atoms with Crippen LogP contribution in [0, 0.1) is 6.61 Å². The maximum atomic E-state index is 10.6. The molecule has 0 aliphatic carbocycles. The molecule has 0 aromatic carbocycles. The minimum absolute atomic E-state index is 0.195. The van der Waals surface area contributed by atoms with E-state index in [-0.39, 0.29) is 5.97 Å². The summed E-state index contributed by atoms with van der Waals surface area (Å²) in [6.45, 7) is 3.67. The first kappa shape index (κ1) is 9.43. The summed E-state index contributed by atoms with van der Waals surface area (Å²) in [6, 6.07) is 0. The quantitative estimate of drug-likeness (QED) is 0.430. The van der Waals surface area contributed by atoms with E-state index in [1.807, 2.05) is 0 Å². The summed E-state index contributed by atoms with van der Waals surface area (Å²) in [5.74, 6) is -0.195. The molecule has 0 saturated heterocycles. The Morgan fingerprint density at radius 3 is 2.80 bits per heavy atom. The summed E-state index contributed by atoms with van der Waals surface area (Å²) in [4.78, 5) is 10.6. The predicted octanol–water partition coefficient (Wildman–Crippen LogP) is 1.14. The fraction of sp³-hybridized carbons (Fsp3) is 0.714. The van der Waals surface area contributed by atoms with Gasteiger partial charge in [-0.3, -0.25) is 4.79 Å². The van der Waals surface area contributed by atoms with Crippen molar-refractivity contribution in [3.8, 4) is 0 Å². The van der Waals surface area contributed by atoms with E-state index in [0.717, 1.165) is 6.42 Å². The number of rotatable bonds is 5. The SMILES string of the molecule is C[CH]OC(=O)CCCOC. The molecule has 0 unspecified atom stereocenters. The molecule has 0 rings (SSSR count). The van der Waals surface area contributed by atoms with Gasteiger partial charge in [0.1, 0.15) is 6.61 Å². The lowest BCUT2D eigenvalue weighted by Gasteiger charge is -1.99. The summed E-state index contributed by atoms with van der Waals surface area (Å²) in [5.41, 5.74) is 0. The van der Waals surface area contributed by atoms with Gasteiger partial charge in [-0.15, -0.1) is 0 Å². The highest BCUT2D eigenvalue weighted by Crippen LogP contribution is 1.93. The van der Waals surface area contributed by atoms with Gasteiger partial charge in [0.05, 0.1) is 0 Å². The lowest BCUT2D eigenvalue weighted by Crippen LogP contribution is -2.02. The Labute approximate surface area is 61.3 Å². The number of hydrogen-bond acceptors (Lipinski definition) is 3. The van der Waals surface area contributed by atoms with Crippen LogP contribution in [0.3, 0.4) is 0 Å². The van der Waals surface area contributed by atoms with Crippen molar-refractivity contribution in [2.24, 2.45) is 0 Å². The van der Waals surface area contributed by atoms with Crippen molar-refractivity contribution in [2.75, 3.05) is 13.7 Å². The second kappa shape index (κ2) is 6.55. The molecule has 3 heteroatoms. The van der Waals surface area contributed by atoms with Crippen molar-refractivity contribution in [1.29, 1.82) is 0 Å². The topological polar surface area (TPSA) is 35.5 Å². The second-order valence-corrected chi connectivity index (χ2v) is 1.82. The summed E-state index contributed by atoms with van der Waals surface area (Å²) in [7, 11) is 1.61. The zero-order valence-electron chi connectivity index (χ0n) is 6.42. The molecule has 0 aliphatic heterocycles. The summed E-state index contributed by atoms with van der Waals surface area (Å²) >= 11 is 0. The van der Waals surface area contributed by atoms with Gasteiger partial charge in [0, 0.05) is 20.1 Å². The number of carbonyl (C=O) groups excluding carboxylic acids is 1. The van der Waals surface area contributed by atoms with Gasteiger partial charge in [0.15, 0.2) is 0 Å². The molecule has 0 saturated carbocycles. The third-order valence-corrected chi connectivity index (χ3v) is 0.979. The highest BCUT2D eigenvalue weighted by molar-refractivity contribution is 5.69. The normalized spacial score (nSPS) is 9.40. The highest BCUT2D eigenvalue weighted by Gasteiger charge is 1.99. The Hall–Kier alpha value is -0.570. The van der Waals surface area contributed by atoms with Gasteiger partial charge < -0.3 is 9.47 Å². The maximum Gasteiger partial charge on any atom is 0.306 e. The van der Waals surface area contributed by atoms with Gasteiger partial charge in [-0.25, -0.2) is 0 Å². The molecule has 0 amide bonds. The number of ether oxygens (including phenoxy) is 2. The third-order valence-electron chi connectivity index (χ3n) is 0.979. The average Bonchev–Trinajstić information content (AvgIpc) is 1.89. The van der Waals surface area contributed by atoms with Crippen LogP contribution >= 0.6 is 0 Å². The second-order valence-electron chi connectivity index (χ2n) is 1.82. The number of carbonyl (C=O) groups is 1. The van der Waals surface area contributed by atoms with Crippen LogP contribution < -0.4 is 0 Å². The minimum atomic E-state index is -0.195. The molecule has 0 aliphatic rings. The third kappa shape index (κ3) is 5.56. The Kier molecular flexibility index (Phi) is 6.18. The lowest BCUT2D eigenvalue weighted by molar-refractivity contribution is -0.140. The minimum Gasteiger partial charge on any atom is -0.459 e. The van der Waals surface area contributed by atoms with Crippen LogP contribution in [0.2, 0.25) is 0 Å². The Bertz CT molecular complexity index is 90.9. The van der Waals surface area contributed by atoms with E-state index in [1.54, 1.807) is 14.0 Å². The van der Waals surface area contributed by atoms with Crippen LogP contribution in [-0.4, -0.2) is 19.7 Å². The molecule has 0 N–H and O–H groups in total.